The highest BCUT2D eigenvalue weighted by molar-refractivity contribution is 5.85. The third kappa shape index (κ3) is 3.37. The zero-order valence-electron chi connectivity index (χ0n) is 11.9. The van der Waals surface area contributed by atoms with Gasteiger partial charge in [-0.2, -0.15) is 0 Å². The molecule has 0 unspecified atom stereocenters. The number of hydrogen-bond acceptors (Lipinski definition) is 5. The van der Waals surface area contributed by atoms with Crippen LogP contribution >= 0.6 is 24.8 Å². The van der Waals surface area contributed by atoms with Crippen LogP contribution in [0.4, 0.5) is 0 Å². The van der Waals surface area contributed by atoms with Crippen LogP contribution in [0.2, 0.25) is 0 Å². The summed E-state index contributed by atoms with van der Waals surface area (Å²) in [5.41, 5.74) is 9.94. The normalized spacial score (nSPS) is 20.7. The molecule has 0 bridgehead atoms. The van der Waals surface area contributed by atoms with Crippen molar-refractivity contribution in [2.45, 2.75) is 32.4 Å². The fourth-order valence-corrected chi connectivity index (χ4v) is 2.59. The maximum Gasteiger partial charge on any atom is 0.141 e. The van der Waals surface area contributed by atoms with Crippen molar-refractivity contribution in [1.29, 1.82) is 0 Å². The molecule has 21 heavy (non-hydrogen) atoms. The van der Waals surface area contributed by atoms with E-state index in [1.54, 1.807) is 0 Å². The first-order valence-electron chi connectivity index (χ1n) is 6.42. The summed E-state index contributed by atoms with van der Waals surface area (Å²) in [4.78, 5) is 4.30. The van der Waals surface area contributed by atoms with Crippen molar-refractivity contribution in [1.82, 2.24) is 10.1 Å². The molecule has 2 aromatic rings. The fourth-order valence-electron chi connectivity index (χ4n) is 2.59. The van der Waals surface area contributed by atoms with Crippen molar-refractivity contribution in [2.75, 3.05) is 6.61 Å². The van der Waals surface area contributed by atoms with Crippen LogP contribution in [0.25, 0.3) is 11.1 Å². The van der Waals surface area contributed by atoms with Crippen LogP contribution in [0.5, 0.6) is 0 Å². The van der Waals surface area contributed by atoms with Crippen LogP contribution in [0.1, 0.15) is 29.5 Å². The minimum atomic E-state index is -0.0621. The molecule has 0 radical (unpaired) electrons. The Morgan fingerprint density at radius 3 is 2.57 bits per heavy atom. The molecule has 0 amide bonds. The Balaban J connectivity index is 0.00000110. The van der Waals surface area contributed by atoms with Gasteiger partial charge in [-0.15, -0.1) is 24.8 Å². The number of hydrogen-bond donors (Lipinski definition) is 1. The number of ether oxygens (including phenoxy) is 1. The van der Waals surface area contributed by atoms with E-state index in [4.69, 9.17) is 15.0 Å². The summed E-state index contributed by atoms with van der Waals surface area (Å²) in [7, 11) is 0. The van der Waals surface area contributed by atoms with E-state index in [2.05, 4.69) is 16.2 Å². The number of aromatic nitrogens is 2. The van der Waals surface area contributed by atoms with Gasteiger partial charge in [0.1, 0.15) is 5.76 Å². The van der Waals surface area contributed by atoms with Crippen LogP contribution in [-0.4, -0.2) is 22.8 Å². The van der Waals surface area contributed by atoms with Crippen LogP contribution in [-0.2, 0) is 4.74 Å². The largest absolute Gasteiger partial charge is 0.372 e. The minimum Gasteiger partial charge on any atom is -0.372 e. The Kier molecular flexibility index (Phi) is 6.16. The maximum atomic E-state index is 6.06. The summed E-state index contributed by atoms with van der Waals surface area (Å²) in [6.07, 6.45) is 4.46. The second-order valence-electron chi connectivity index (χ2n) is 4.95. The minimum absolute atomic E-state index is 0. The summed E-state index contributed by atoms with van der Waals surface area (Å²) < 4.78 is 10.9. The quantitative estimate of drug-likeness (QED) is 0.915. The molecule has 116 valence electrons. The van der Waals surface area contributed by atoms with Crippen molar-refractivity contribution >= 4 is 24.8 Å². The summed E-state index contributed by atoms with van der Waals surface area (Å²) in [5, 5.41) is 3.98. The monoisotopic (exact) mass is 331 g/mol. The molecule has 5 nitrogen and oxygen atoms in total. The van der Waals surface area contributed by atoms with Crippen LogP contribution in [0.3, 0.4) is 0 Å². The van der Waals surface area contributed by atoms with Gasteiger partial charge in [0.25, 0.3) is 0 Å². The summed E-state index contributed by atoms with van der Waals surface area (Å²) >= 11 is 0. The third-order valence-electron chi connectivity index (χ3n) is 3.55. The van der Waals surface area contributed by atoms with Gasteiger partial charge in [0.15, 0.2) is 0 Å². The first-order valence-corrected chi connectivity index (χ1v) is 6.42. The summed E-state index contributed by atoms with van der Waals surface area (Å²) in [6, 6.07) is 2.11. The third-order valence-corrected chi connectivity index (χ3v) is 3.55. The molecular weight excluding hydrogens is 313 g/mol. The summed E-state index contributed by atoms with van der Waals surface area (Å²) in [5.74, 6) is 0.799. The average Bonchev–Trinajstić information content (AvgIpc) is 2.96. The molecule has 2 N–H and O–H groups in total. The van der Waals surface area contributed by atoms with Gasteiger partial charge >= 0.3 is 0 Å². The molecule has 1 aliphatic rings. The molecule has 2 aromatic heterocycles. The standard InChI is InChI=1S/C14H17N3O2.2ClH/c1-8-13(9(2)19-17-8)10-5-11(7-16-6-10)14-12(15)3-4-18-14;;/h5-7,12,14H,3-4,15H2,1-2H3;2*1H/t12-,14+;;/m1../s1. The average molecular weight is 332 g/mol. The molecule has 1 saturated heterocycles. The van der Waals surface area contributed by atoms with Crippen molar-refractivity contribution < 1.29 is 9.26 Å². The van der Waals surface area contributed by atoms with Gasteiger partial charge in [0.2, 0.25) is 0 Å². The molecule has 2 atom stereocenters. The second kappa shape index (κ2) is 7.22. The number of pyridine rings is 1. The Morgan fingerprint density at radius 2 is 2.00 bits per heavy atom. The molecule has 3 rings (SSSR count). The van der Waals surface area contributed by atoms with Gasteiger partial charge in [-0.3, -0.25) is 4.98 Å². The van der Waals surface area contributed by atoms with E-state index in [0.29, 0.717) is 6.61 Å². The van der Waals surface area contributed by atoms with Crippen molar-refractivity contribution in [2.24, 2.45) is 5.73 Å². The smallest absolute Gasteiger partial charge is 0.141 e. The number of aryl methyl sites for hydroxylation is 2. The van der Waals surface area contributed by atoms with Gasteiger partial charge in [0, 0.05) is 41.7 Å². The highest BCUT2D eigenvalue weighted by atomic mass is 35.5. The lowest BCUT2D eigenvalue weighted by atomic mass is 10.00. The van der Waals surface area contributed by atoms with E-state index in [9.17, 15) is 0 Å². The highest BCUT2D eigenvalue weighted by Crippen LogP contribution is 2.32. The van der Waals surface area contributed by atoms with E-state index in [-0.39, 0.29) is 37.0 Å². The van der Waals surface area contributed by atoms with Gasteiger partial charge in [0.05, 0.1) is 11.8 Å². The van der Waals surface area contributed by atoms with Crippen LogP contribution in [0.15, 0.2) is 23.0 Å². The van der Waals surface area contributed by atoms with Gasteiger partial charge < -0.3 is 15.0 Å². The van der Waals surface area contributed by atoms with Gasteiger partial charge in [-0.05, 0) is 26.3 Å². The number of rotatable bonds is 2. The molecule has 7 heteroatoms. The predicted molar refractivity (Wildman–Crippen MR) is 85.0 cm³/mol. The zero-order chi connectivity index (χ0) is 13.4. The number of halogens is 2. The zero-order valence-corrected chi connectivity index (χ0v) is 13.5. The van der Waals surface area contributed by atoms with E-state index >= 15 is 0 Å². The van der Waals surface area contributed by atoms with Crippen LogP contribution < -0.4 is 5.73 Å². The van der Waals surface area contributed by atoms with Crippen molar-refractivity contribution in [3.8, 4) is 11.1 Å². The molecule has 0 spiro atoms. The van der Waals surface area contributed by atoms with E-state index in [0.717, 1.165) is 34.6 Å². The lowest BCUT2D eigenvalue weighted by Crippen LogP contribution is -2.23. The Hall–Kier alpha value is -1.14. The van der Waals surface area contributed by atoms with Gasteiger partial charge in [-0.1, -0.05) is 5.16 Å². The Labute approximate surface area is 136 Å². The van der Waals surface area contributed by atoms with Gasteiger partial charge in [-0.25, -0.2) is 0 Å². The van der Waals surface area contributed by atoms with E-state index in [1.807, 2.05) is 26.2 Å². The topological polar surface area (TPSA) is 74.2 Å². The number of nitrogens with two attached hydrogens (primary N) is 1. The molecule has 0 saturated carbocycles. The lowest BCUT2D eigenvalue weighted by molar-refractivity contribution is 0.105. The first kappa shape index (κ1) is 17.9. The Bertz CT molecular complexity index is 584. The van der Waals surface area contributed by atoms with Crippen molar-refractivity contribution in [3.05, 3.63) is 35.5 Å². The fraction of sp³-hybridized carbons (Fsp3) is 0.429. The molecular formula is C14H19Cl2N3O2. The molecule has 3 heterocycles. The van der Waals surface area contributed by atoms with E-state index < -0.39 is 0 Å². The predicted octanol–water partition coefficient (Wildman–Crippen LogP) is 2.99. The Morgan fingerprint density at radius 1 is 1.24 bits per heavy atom. The SMILES string of the molecule is Cc1noc(C)c1-c1cncc([C@@H]2OCC[C@H]2N)c1.Cl.Cl. The number of nitrogens with zero attached hydrogens (tertiary/aromatic N) is 2. The molecule has 0 aromatic carbocycles. The second-order valence-corrected chi connectivity index (χ2v) is 4.95. The molecule has 1 aliphatic heterocycles. The first-order chi connectivity index (χ1) is 9.16. The van der Waals surface area contributed by atoms with Crippen molar-refractivity contribution in [3.63, 3.8) is 0 Å². The molecule has 0 aliphatic carbocycles. The van der Waals surface area contributed by atoms with Crippen LogP contribution in [0, 0.1) is 13.8 Å². The van der Waals surface area contributed by atoms with E-state index in [1.165, 1.54) is 0 Å². The highest BCUT2D eigenvalue weighted by Gasteiger charge is 2.27. The maximum absolute atomic E-state index is 6.06. The lowest BCUT2D eigenvalue weighted by Gasteiger charge is -2.15. The summed E-state index contributed by atoms with van der Waals surface area (Å²) in [6.45, 7) is 4.54. The molecule has 1 fully saturated rings.